The van der Waals surface area contributed by atoms with Crippen molar-refractivity contribution in [3.63, 3.8) is 0 Å². The summed E-state index contributed by atoms with van der Waals surface area (Å²) in [6.45, 7) is 6.64. The Morgan fingerprint density at radius 2 is 2.10 bits per heavy atom. The lowest BCUT2D eigenvalue weighted by Gasteiger charge is -2.15. The molecule has 0 unspecified atom stereocenters. The molecule has 1 heterocycles. The number of rotatable bonds is 6. The summed E-state index contributed by atoms with van der Waals surface area (Å²) >= 11 is 1.32. The van der Waals surface area contributed by atoms with Gasteiger partial charge in [0.15, 0.2) is 5.13 Å². The Hall–Kier alpha value is -1.47. The first-order valence-electron chi connectivity index (χ1n) is 6.55. The van der Waals surface area contributed by atoms with Crippen LogP contribution < -0.4 is 16.4 Å². The van der Waals surface area contributed by atoms with E-state index in [1.165, 1.54) is 11.3 Å². The number of carbonyl (C=O) groups excluding carboxylic acids is 2. The van der Waals surface area contributed by atoms with Crippen molar-refractivity contribution < 1.29 is 9.59 Å². The molecule has 1 aromatic heterocycles. The molecule has 4 N–H and O–H groups in total. The van der Waals surface area contributed by atoms with Crippen LogP contribution in [0.4, 0.5) is 5.13 Å². The van der Waals surface area contributed by atoms with Crippen LogP contribution in [0.25, 0.3) is 0 Å². The molecular formula is C13H22N4O2S. The van der Waals surface area contributed by atoms with E-state index in [0.29, 0.717) is 23.9 Å². The fourth-order valence-electron chi connectivity index (χ4n) is 1.29. The topological polar surface area (TPSA) is 97.1 Å². The number of thiazole rings is 1. The molecule has 7 heteroatoms. The lowest BCUT2D eigenvalue weighted by Crippen LogP contribution is -2.28. The van der Waals surface area contributed by atoms with E-state index in [1.807, 2.05) is 20.8 Å². The highest BCUT2D eigenvalue weighted by atomic mass is 32.1. The van der Waals surface area contributed by atoms with Crippen molar-refractivity contribution in [1.29, 1.82) is 0 Å². The SMILES string of the molecule is CC(C)(C)C(=O)Nc1nc(CC(=O)NCCCN)cs1. The van der Waals surface area contributed by atoms with Gasteiger partial charge in [-0.05, 0) is 13.0 Å². The Morgan fingerprint density at radius 1 is 1.40 bits per heavy atom. The first-order chi connectivity index (χ1) is 9.32. The van der Waals surface area contributed by atoms with Gasteiger partial charge in [0.05, 0.1) is 12.1 Å². The first kappa shape index (κ1) is 16.6. The number of nitrogens with two attached hydrogens (primary N) is 1. The zero-order valence-electron chi connectivity index (χ0n) is 12.2. The summed E-state index contributed by atoms with van der Waals surface area (Å²) in [5.74, 6) is -0.178. The molecule has 6 nitrogen and oxygen atoms in total. The van der Waals surface area contributed by atoms with Gasteiger partial charge in [-0.25, -0.2) is 4.98 Å². The van der Waals surface area contributed by atoms with Crippen molar-refractivity contribution in [1.82, 2.24) is 10.3 Å². The number of hydrogen-bond acceptors (Lipinski definition) is 5. The minimum atomic E-state index is -0.467. The molecule has 0 aliphatic rings. The average molecular weight is 298 g/mol. The summed E-state index contributed by atoms with van der Waals surface area (Å²) in [6, 6.07) is 0. The monoisotopic (exact) mass is 298 g/mol. The maximum atomic E-state index is 11.8. The second-order valence-corrected chi connectivity index (χ2v) is 6.38. The number of amides is 2. The highest BCUT2D eigenvalue weighted by Crippen LogP contribution is 2.20. The molecular weight excluding hydrogens is 276 g/mol. The number of aromatic nitrogens is 1. The fourth-order valence-corrected chi connectivity index (χ4v) is 1.99. The van der Waals surface area contributed by atoms with E-state index < -0.39 is 5.41 Å². The summed E-state index contributed by atoms with van der Waals surface area (Å²) in [4.78, 5) is 27.6. The molecule has 1 rings (SSSR count). The first-order valence-corrected chi connectivity index (χ1v) is 7.43. The number of nitrogens with one attached hydrogen (secondary N) is 2. The Bertz CT molecular complexity index is 465. The van der Waals surface area contributed by atoms with Crippen LogP contribution >= 0.6 is 11.3 Å². The largest absolute Gasteiger partial charge is 0.356 e. The maximum absolute atomic E-state index is 11.8. The third-order valence-corrected chi connectivity index (χ3v) is 3.30. The molecule has 0 bridgehead atoms. The Labute approximate surface area is 123 Å². The quantitative estimate of drug-likeness (QED) is 0.686. The van der Waals surface area contributed by atoms with E-state index >= 15 is 0 Å². The van der Waals surface area contributed by atoms with E-state index in [1.54, 1.807) is 5.38 Å². The van der Waals surface area contributed by atoms with Crippen molar-refractivity contribution in [3.05, 3.63) is 11.1 Å². The zero-order chi connectivity index (χ0) is 15.2. The van der Waals surface area contributed by atoms with Gasteiger partial charge >= 0.3 is 0 Å². The van der Waals surface area contributed by atoms with Crippen LogP contribution in [0.2, 0.25) is 0 Å². The van der Waals surface area contributed by atoms with Crippen molar-refractivity contribution in [2.45, 2.75) is 33.6 Å². The molecule has 0 aliphatic heterocycles. The second kappa shape index (κ2) is 7.35. The van der Waals surface area contributed by atoms with E-state index in [-0.39, 0.29) is 18.2 Å². The molecule has 0 aromatic carbocycles. The summed E-state index contributed by atoms with van der Waals surface area (Å²) < 4.78 is 0. The number of carbonyl (C=O) groups is 2. The van der Waals surface area contributed by atoms with Crippen LogP contribution in [0, 0.1) is 5.41 Å². The molecule has 0 radical (unpaired) electrons. The van der Waals surface area contributed by atoms with Crippen LogP contribution in [0.5, 0.6) is 0 Å². The molecule has 0 atom stereocenters. The van der Waals surface area contributed by atoms with Gasteiger partial charge in [0.25, 0.3) is 0 Å². The Morgan fingerprint density at radius 3 is 2.70 bits per heavy atom. The maximum Gasteiger partial charge on any atom is 0.231 e. The summed E-state index contributed by atoms with van der Waals surface area (Å²) in [5, 5.41) is 7.81. The van der Waals surface area contributed by atoms with Crippen molar-refractivity contribution in [2.24, 2.45) is 11.1 Å². The van der Waals surface area contributed by atoms with Crippen molar-refractivity contribution in [3.8, 4) is 0 Å². The van der Waals surface area contributed by atoms with Crippen LogP contribution in [-0.4, -0.2) is 29.9 Å². The van der Waals surface area contributed by atoms with Crippen LogP contribution in [0.15, 0.2) is 5.38 Å². The molecule has 0 saturated carbocycles. The third-order valence-electron chi connectivity index (χ3n) is 2.50. The summed E-state index contributed by atoms with van der Waals surface area (Å²) in [7, 11) is 0. The van der Waals surface area contributed by atoms with Gasteiger partial charge in [-0.3, -0.25) is 9.59 Å². The molecule has 2 amide bonds. The van der Waals surface area contributed by atoms with Gasteiger partial charge in [-0.15, -0.1) is 11.3 Å². The fraction of sp³-hybridized carbons (Fsp3) is 0.615. The lowest BCUT2D eigenvalue weighted by atomic mass is 9.96. The number of hydrogen-bond donors (Lipinski definition) is 3. The normalized spacial score (nSPS) is 11.2. The second-order valence-electron chi connectivity index (χ2n) is 5.52. The number of anilines is 1. The summed E-state index contributed by atoms with van der Waals surface area (Å²) in [5.41, 5.74) is 5.54. The van der Waals surface area contributed by atoms with Crippen LogP contribution in [-0.2, 0) is 16.0 Å². The molecule has 0 aliphatic carbocycles. The minimum absolute atomic E-state index is 0.0857. The molecule has 1 aromatic rings. The van der Waals surface area contributed by atoms with Crippen molar-refractivity contribution >= 4 is 28.3 Å². The standard InChI is InChI=1S/C13H22N4O2S/c1-13(2,3)11(19)17-12-16-9(8-20-12)7-10(18)15-6-4-5-14/h8H,4-7,14H2,1-3H3,(H,15,18)(H,16,17,19). The van der Waals surface area contributed by atoms with Gasteiger partial charge in [0, 0.05) is 17.3 Å². The van der Waals surface area contributed by atoms with E-state index in [0.717, 1.165) is 6.42 Å². The zero-order valence-corrected chi connectivity index (χ0v) is 13.0. The van der Waals surface area contributed by atoms with Gasteiger partial charge in [-0.1, -0.05) is 20.8 Å². The average Bonchev–Trinajstić information content (AvgIpc) is 2.75. The highest BCUT2D eigenvalue weighted by Gasteiger charge is 2.22. The molecule has 0 spiro atoms. The Kier molecular flexibility index (Phi) is 6.09. The van der Waals surface area contributed by atoms with Crippen LogP contribution in [0.3, 0.4) is 0 Å². The van der Waals surface area contributed by atoms with Gasteiger partial charge in [0.2, 0.25) is 11.8 Å². The van der Waals surface area contributed by atoms with Gasteiger partial charge in [-0.2, -0.15) is 0 Å². The highest BCUT2D eigenvalue weighted by molar-refractivity contribution is 7.13. The third kappa shape index (κ3) is 5.66. The van der Waals surface area contributed by atoms with E-state index in [2.05, 4.69) is 15.6 Å². The summed E-state index contributed by atoms with van der Waals surface area (Å²) in [6.07, 6.45) is 0.974. The van der Waals surface area contributed by atoms with Gasteiger partial charge < -0.3 is 16.4 Å². The minimum Gasteiger partial charge on any atom is -0.356 e. The van der Waals surface area contributed by atoms with Crippen LogP contribution in [0.1, 0.15) is 32.9 Å². The lowest BCUT2D eigenvalue weighted by molar-refractivity contribution is -0.123. The molecule has 0 saturated heterocycles. The van der Waals surface area contributed by atoms with Gasteiger partial charge in [0.1, 0.15) is 0 Å². The molecule has 112 valence electrons. The van der Waals surface area contributed by atoms with Crippen molar-refractivity contribution in [2.75, 3.05) is 18.4 Å². The molecule has 20 heavy (non-hydrogen) atoms. The Balaban J connectivity index is 2.47. The van der Waals surface area contributed by atoms with E-state index in [9.17, 15) is 9.59 Å². The molecule has 0 fully saturated rings. The predicted molar refractivity (Wildman–Crippen MR) is 80.6 cm³/mol. The van der Waals surface area contributed by atoms with E-state index in [4.69, 9.17) is 5.73 Å². The smallest absolute Gasteiger partial charge is 0.231 e. The predicted octanol–water partition coefficient (Wildman–Crippen LogP) is 1.14. The number of nitrogens with zero attached hydrogens (tertiary/aromatic N) is 1.